The number of nitrogens with zero attached hydrogens (tertiary/aromatic N) is 3. The van der Waals surface area contributed by atoms with Crippen LogP contribution in [0.2, 0.25) is 5.02 Å². The molecule has 1 aliphatic heterocycles. The highest BCUT2D eigenvalue weighted by molar-refractivity contribution is 9.10. The molecule has 0 aliphatic carbocycles. The van der Waals surface area contributed by atoms with Gasteiger partial charge in [0.25, 0.3) is 22.7 Å². The zero-order valence-corrected chi connectivity index (χ0v) is 21.9. The maximum Gasteiger partial charge on any atom is 0.293 e. The number of aromatic nitrogens is 1. The minimum absolute atomic E-state index is 0.0215. The van der Waals surface area contributed by atoms with Crippen LogP contribution in [0, 0.1) is 10.1 Å². The highest BCUT2D eigenvalue weighted by Crippen LogP contribution is 2.33. The van der Waals surface area contributed by atoms with Crippen LogP contribution in [0.25, 0.3) is 6.08 Å². The van der Waals surface area contributed by atoms with Crippen LogP contribution in [0.3, 0.4) is 0 Å². The summed E-state index contributed by atoms with van der Waals surface area (Å²) in [7, 11) is 0. The van der Waals surface area contributed by atoms with Gasteiger partial charge in [0, 0.05) is 35.9 Å². The lowest BCUT2D eigenvalue weighted by Gasteiger charge is -2.13. The summed E-state index contributed by atoms with van der Waals surface area (Å²) in [5.74, 6) is -0.0837. The SMILES string of the molecule is O=C(NCCN1C(=O)S/C(=C/c2ccc(Cl)c([N+](=O)[O-])c2)C1=O)c1ccc(Oc2ccc(Br)cc2)nc1. The molecule has 188 valence electrons. The van der Waals surface area contributed by atoms with Gasteiger partial charge in [-0.05, 0) is 59.8 Å². The van der Waals surface area contributed by atoms with Gasteiger partial charge in [0.15, 0.2) is 0 Å². The molecule has 2 aromatic carbocycles. The Hall–Kier alpha value is -3.74. The lowest BCUT2D eigenvalue weighted by atomic mass is 10.2. The first-order chi connectivity index (χ1) is 17.7. The number of hydrogen-bond acceptors (Lipinski definition) is 8. The number of carbonyl (C=O) groups is 3. The third-order valence-electron chi connectivity index (χ3n) is 4.99. The number of carbonyl (C=O) groups excluding carboxylic acids is 3. The fraction of sp³-hybridized carbons (Fsp3) is 0.0833. The number of hydrogen-bond donors (Lipinski definition) is 1. The zero-order valence-electron chi connectivity index (χ0n) is 18.7. The van der Waals surface area contributed by atoms with Crippen molar-refractivity contribution in [3.63, 3.8) is 0 Å². The summed E-state index contributed by atoms with van der Waals surface area (Å²) < 4.78 is 6.54. The maximum atomic E-state index is 12.7. The Morgan fingerprint density at radius 1 is 1.19 bits per heavy atom. The maximum absolute atomic E-state index is 12.7. The summed E-state index contributed by atoms with van der Waals surface area (Å²) in [6.45, 7) is -0.0274. The third-order valence-corrected chi connectivity index (χ3v) is 6.75. The Bertz CT molecular complexity index is 1420. The molecule has 3 aromatic rings. The number of nitro benzene ring substituents is 1. The van der Waals surface area contributed by atoms with E-state index in [0.717, 1.165) is 9.37 Å². The molecule has 1 saturated heterocycles. The van der Waals surface area contributed by atoms with Gasteiger partial charge in [0.2, 0.25) is 5.88 Å². The van der Waals surface area contributed by atoms with E-state index in [9.17, 15) is 24.5 Å². The number of amides is 3. The molecular weight excluding hydrogens is 588 g/mol. The molecule has 10 nitrogen and oxygen atoms in total. The standard InChI is InChI=1S/C24H16BrClN4O6S/c25-16-3-5-17(6-4-16)36-21-8-2-15(13-28-21)22(31)27-9-10-29-23(32)20(37-24(29)33)12-14-1-7-18(26)19(11-14)30(34)35/h1-8,11-13H,9-10H2,(H,27,31)/b20-12+. The van der Waals surface area contributed by atoms with Gasteiger partial charge in [-0.25, -0.2) is 4.98 Å². The van der Waals surface area contributed by atoms with Crippen molar-refractivity contribution in [1.82, 2.24) is 15.2 Å². The van der Waals surface area contributed by atoms with E-state index in [1.165, 1.54) is 30.5 Å². The van der Waals surface area contributed by atoms with E-state index in [1.54, 1.807) is 24.3 Å². The van der Waals surface area contributed by atoms with Crippen molar-refractivity contribution in [2.24, 2.45) is 0 Å². The summed E-state index contributed by atoms with van der Waals surface area (Å²) in [5, 5.41) is 13.2. The molecule has 2 heterocycles. The molecule has 1 N–H and O–H groups in total. The van der Waals surface area contributed by atoms with Crippen LogP contribution in [0.15, 0.2) is 70.2 Å². The van der Waals surface area contributed by atoms with E-state index >= 15 is 0 Å². The number of benzene rings is 2. The molecule has 0 radical (unpaired) electrons. The zero-order chi connectivity index (χ0) is 26.5. The minimum Gasteiger partial charge on any atom is -0.439 e. The van der Waals surface area contributed by atoms with Crippen molar-refractivity contribution < 1.29 is 24.0 Å². The molecule has 4 rings (SSSR count). The molecule has 1 aromatic heterocycles. The van der Waals surface area contributed by atoms with Gasteiger partial charge in [-0.2, -0.15) is 0 Å². The summed E-state index contributed by atoms with van der Waals surface area (Å²) in [6.07, 6.45) is 2.74. The van der Waals surface area contributed by atoms with Crippen LogP contribution in [-0.4, -0.2) is 45.0 Å². The molecule has 37 heavy (non-hydrogen) atoms. The number of imide groups is 1. The second kappa shape index (κ2) is 11.5. The first kappa shape index (κ1) is 26.3. The summed E-state index contributed by atoms with van der Waals surface area (Å²) in [4.78, 5) is 53.1. The van der Waals surface area contributed by atoms with Crippen LogP contribution >= 0.6 is 39.3 Å². The summed E-state index contributed by atoms with van der Waals surface area (Å²) >= 11 is 9.87. The van der Waals surface area contributed by atoms with Crippen molar-refractivity contribution in [3.8, 4) is 11.6 Å². The van der Waals surface area contributed by atoms with Gasteiger partial charge in [-0.1, -0.05) is 33.6 Å². The minimum atomic E-state index is -0.632. The number of rotatable bonds is 8. The molecule has 0 spiro atoms. The number of thioether (sulfide) groups is 1. The van der Waals surface area contributed by atoms with Gasteiger partial charge in [-0.3, -0.25) is 29.4 Å². The van der Waals surface area contributed by atoms with Crippen LogP contribution in [0.4, 0.5) is 10.5 Å². The van der Waals surface area contributed by atoms with Crippen LogP contribution in [-0.2, 0) is 4.79 Å². The molecule has 1 aliphatic rings. The van der Waals surface area contributed by atoms with Gasteiger partial charge in [0.1, 0.15) is 10.8 Å². The van der Waals surface area contributed by atoms with Crippen molar-refractivity contribution in [2.45, 2.75) is 0 Å². The predicted octanol–water partition coefficient (Wildman–Crippen LogP) is 5.66. The van der Waals surface area contributed by atoms with Gasteiger partial charge >= 0.3 is 0 Å². The van der Waals surface area contributed by atoms with Crippen LogP contribution < -0.4 is 10.1 Å². The van der Waals surface area contributed by atoms with Crippen LogP contribution in [0.5, 0.6) is 11.6 Å². The van der Waals surface area contributed by atoms with E-state index in [0.29, 0.717) is 29.0 Å². The number of pyridine rings is 1. The number of halogens is 2. The fourth-order valence-corrected chi connectivity index (χ4v) is 4.50. The van der Waals surface area contributed by atoms with Crippen molar-refractivity contribution in [3.05, 3.63) is 96.4 Å². The lowest BCUT2D eigenvalue weighted by Crippen LogP contribution is -2.37. The normalized spacial score (nSPS) is 14.2. The number of nitro groups is 1. The Kier molecular flexibility index (Phi) is 8.21. The van der Waals surface area contributed by atoms with E-state index in [-0.39, 0.29) is 34.3 Å². The Morgan fingerprint density at radius 2 is 1.95 bits per heavy atom. The smallest absolute Gasteiger partial charge is 0.293 e. The van der Waals surface area contributed by atoms with Gasteiger partial charge < -0.3 is 10.1 Å². The number of nitrogens with one attached hydrogen (secondary N) is 1. The van der Waals surface area contributed by atoms with E-state index < -0.39 is 22.0 Å². The number of ether oxygens (including phenoxy) is 1. The predicted molar refractivity (Wildman–Crippen MR) is 142 cm³/mol. The highest BCUT2D eigenvalue weighted by Gasteiger charge is 2.34. The average Bonchev–Trinajstić information content (AvgIpc) is 3.14. The molecular formula is C24H16BrClN4O6S. The van der Waals surface area contributed by atoms with E-state index in [4.69, 9.17) is 16.3 Å². The molecule has 0 bridgehead atoms. The Morgan fingerprint density at radius 3 is 2.62 bits per heavy atom. The molecule has 3 amide bonds. The quantitative estimate of drug-likeness (QED) is 0.198. The second-order valence-corrected chi connectivity index (χ2v) is 9.81. The van der Waals surface area contributed by atoms with Gasteiger partial charge in [-0.15, -0.1) is 0 Å². The van der Waals surface area contributed by atoms with Crippen LogP contribution in [0.1, 0.15) is 15.9 Å². The molecule has 0 unspecified atom stereocenters. The molecule has 0 saturated carbocycles. The first-order valence-corrected chi connectivity index (χ1v) is 12.6. The van der Waals surface area contributed by atoms with E-state index in [2.05, 4.69) is 26.2 Å². The average molecular weight is 604 g/mol. The topological polar surface area (TPSA) is 132 Å². The molecule has 0 atom stereocenters. The third kappa shape index (κ3) is 6.53. The summed E-state index contributed by atoms with van der Waals surface area (Å²) in [5.41, 5.74) is 0.330. The Labute approximate surface area is 227 Å². The fourth-order valence-electron chi connectivity index (χ4n) is 3.19. The molecule has 1 fully saturated rings. The first-order valence-electron chi connectivity index (χ1n) is 10.6. The van der Waals surface area contributed by atoms with Crippen molar-refractivity contribution in [1.29, 1.82) is 0 Å². The lowest BCUT2D eigenvalue weighted by molar-refractivity contribution is -0.384. The monoisotopic (exact) mass is 602 g/mol. The Balaban J connectivity index is 1.32. The largest absolute Gasteiger partial charge is 0.439 e. The molecule has 13 heteroatoms. The summed E-state index contributed by atoms with van der Waals surface area (Å²) in [6, 6.07) is 14.4. The van der Waals surface area contributed by atoms with Crippen molar-refractivity contribution in [2.75, 3.05) is 13.1 Å². The van der Waals surface area contributed by atoms with Gasteiger partial charge in [0.05, 0.1) is 15.4 Å². The van der Waals surface area contributed by atoms with E-state index in [1.807, 2.05) is 12.1 Å². The second-order valence-electron chi connectivity index (χ2n) is 7.50. The highest BCUT2D eigenvalue weighted by atomic mass is 79.9. The van der Waals surface area contributed by atoms with Crippen molar-refractivity contribution >= 4 is 68.1 Å².